The maximum Gasteiger partial charge on any atom is 0.407 e. The number of hydrogen-bond donors (Lipinski definition) is 3. The van der Waals surface area contributed by atoms with Gasteiger partial charge >= 0.3 is 12.2 Å². The van der Waals surface area contributed by atoms with E-state index in [1.165, 1.54) is 12.8 Å². The van der Waals surface area contributed by atoms with Crippen molar-refractivity contribution in [3.8, 4) is 0 Å². The van der Waals surface area contributed by atoms with E-state index in [4.69, 9.17) is 9.47 Å². The molecule has 7 nitrogen and oxygen atoms in total. The van der Waals surface area contributed by atoms with Gasteiger partial charge in [0.1, 0.15) is 12.2 Å². The Labute approximate surface area is 185 Å². The van der Waals surface area contributed by atoms with Crippen molar-refractivity contribution in [2.24, 2.45) is 17.8 Å². The first-order chi connectivity index (χ1) is 14.7. The molecule has 7 heteroatoms. The molecule has 0 radical (unpaired) electrons. The summed E-state index contributed by atoms with van der Waals surface area (Å²) < 4.78 is 10.7. The topological polar surface area (TPSA) is 96.9 Å². The average molecular weight is 435 g/mol. The minimum atomic E-state index is -0.577. The monoisotopic (exact) mass is 434 g/mol. The Morgan fingerprint density at radius 1 is 1.16 bits per heavy atom. The number of carbonyl (C=O) groups is 2. The van der Waals surface area contributed by atoms with Gasteiger partial charge in [0.05, 0.1) is 0 Å². The molecular weight excluding hydrogens is 396 g/mol. The summed E-state index contributed by atoms with van der Waals surface area (Å²) in [6, 6.07) is 9.31. The predicted octanol–water partition coefficient (Wildman–Crippen LogP) is 4.24. The van der Waals surface area contributed by atoms with E-state index < -0.39 is 17.8 Å². The second-order valence-electron chi connectivity index (χ2n) is 9.48. The highest BCUT2D eigenvalue weighted by molar-refractivity contribution is 5.68. The van der Waals surface area contributed by atoms with Gasteiger partial charge in [0.2, 0.25) is 0 Å². The highest BCUT2D eigenvalue weighted by atomic mass is 16.6. The number of rotatable bonds is 11. The van der Waals surface area contributed by atoms with Gasteiger partial charge < -0.3 is 25.2 Å². The molecule has 2 amide bonds. The first-order valence-corrected chi connectivity index (χ1v) is 11.2. The molecule has 1 unspecified atom stereocenters. The largest absolute Gasteiger partial charge is 0.445 e. The minimum absolute atomic E-state index is 0.00561. The first-order valence-electron chi connectivity index (χ1n) is 11.2. The van der Waals surface area contributed by atoms with Crippen LogP contribution in [-0.4, -0.2) is 42.1 Å². The van der Waals surface area contributed by atoms with Crippen LogP contribution in [0, 0.1) is 17.8 Å². The number of nitrogens with one attached hydrogen (secondary N) is 2. The Morgan fingerprint density at radius 2 is 1.84 bits per heavy atom. The zero-order valence-electron chi connectivity index (χ0n) is 19.2. The van der Waals surface area contributed by atoms with E-state index in [0.29, 0.717) is 18.4 Å². The van der Waals surface area contributed by atoms with E-state index >= 15 is 0 Å². The fraction of sp³-hybridized carbons (Fsp3) is 0.667. The highest BCUT2D eigenvalue weighted by Gasteiger charge is 2.34. The number of carbonyl (C=O) groups excluding carboxylic acids is 2. The van der Waals surface area contributed by atoms with Gasteiger partial charge in [-0.1, -0.05) is 30.3 Å². The molecule has 1 aliphatic carbocycles. The lowest BCUT2D eigenvalue weighted by Crippen LogP contribution is -2.45. The van der Waals surface area contributed by atoms with Gasteiger partial charge in [0.15, 0.2) is 0 Å². The Hall–Kier alpha value is -2.28. The molecule has 0 aromatic heterocycles. The predicted molar refractivity (Wildman–Crippen MR) is 119 cm³/mol. The highest BCUT2D eigenvalue weighted by Crippen LogP contribution is 2.41. The lowest BCUT2D eigenvalue weighted by Gasteiger charge is -2.30. The van der Waals surface area contributed by atoms with Crippen LogP contribution in [0.15, 0.2) is 30.3 Å². The summed E-state index contributed by atoms with van der Waals surface area (Å²) in [4.78, 5) is 24.5. The van der Waals surface area contributed by atoms with Crippen LogP contribution < -0.4 is 10.6 Å². The molecule has 1 aromatic carbocycles. The quantitative estimate of drug-likeness (QED) is 0.484. The molecular formula is C24H38N2O5. The molecule has 3 N–H and O–H groups in total. The van der Waals surface area contributed by atoms with Gasteiger partial charge in [-0.2, -0.15) is 0 Å². The number of benzene rings is 1. The van der Waals surface area contributed by atoms with Gasteiger partial charge in [0, 0.05) is 19.2 Å². The summed E-state index contributed by atoms with van der Waals surface area (Å²) in [5.41, 5.74) is 0.345. The fourth-order valence-electron chi connectivity index (χ4n) is 3.73. The molecule has 174 valence electrons. The van der Waals surface area contributed by atoms with Crippen molar-refractivity contribution in [1.82, 2.24) is 10.6 Å². The molecule has 31 heavy (non-hydrogen) atoms. The van der Waals surface area contributed by atoms with Crippen molar-refractivity contribution in [3.63, 3.8) is 0 Å². The molecule has 0 bridgehead atoms. The molecule has 2 rings (SSSR count). The summed E-state index contributed by atoms with van der Waals surface area (Å²) in [5, 5.41) is 15.2. The second-order valence-corrected chi connectivity index (χ2v) is 9.48. The first kappa shape index (κ1) is 25.0. The Bertz CT molecular complexity index is 685. The standard InChI is InChI=1S/C24H38N2O5/c1-17(26-23(29)31-24(2,3)4)21(14-20(12-13-27)19-10-11-19)15-25-22(28)30-16-18-8-6-5-7-9-18/h5-9,17,19-21,27H,10-16H2,1-4H3,(H,25,28)(H,26,29)/t17-,20?,21+/m1/s1. The van der Waals surface area contributed by atoms with Crippen LogP contribution in [-0.2, 0) is 16.1 Å². The molecule has 1 aliphatic rings. The molecule has 0 aliphatic heterocycles. The summed E-state index contributed by atoms with van der Waals surface area (Å²) in [6.07, 6.45) is 2.94. The lowest BCUT2D eigenvalue weighted by atomic mass is 9.85. The van der Waals surface area contributed by atoms with E-state index in [9.17, 15) is 14.7 Å². The van der Waals surface area contributed by atoms with E-state index in [1.54, 1.807) is 0 Å². The maximum atomic E-state index is 12.2. The third-order valence-electron chi connectivity index (χ3n) is 5.57. The van der Waals surface area contributed by atoms with Crippen molar-refractivity contribution >= 4 is 12.2 Å². The van der Waals surface area contributed by atoms with Crippen molar-refractivity contribution in [2.75, 3.05) is 13.2 Å². The Kier molecular flexibility index (Phi) is 9.62. The smallest absolute Gasteiger partial charge is 0.407 e. The van der Waals surface area contributed by atoms with Crippen LogP contribution in [0.5, 0.6) is 0 Å². The van der Waals surface area contributed by atoms with Gasteiger partial charge in [0.25, 0.3) is 0 Å². The van der Waals surface area contributed by atoms with Crippen molar-refractivity contribution in [3.05, 3.63) is 35.9 Å². The van der Waals surface area contributed by atoms with Crippen LogP contribution in [0.3, 0.4) is 0 Å². The van der Waals surface area contributed by atoms with Crippen LogP contribution in [0.2, 0.25) is 0 Å². The van der Waals surface area contributed by atoms with Crippen molar-refractivity contribution in [1.29, 1.82) is 0 Å². The molecule has 1 fully saturated rings. The van der Waals surface area contributed by atoms with Crippen molar-refractivity contribution < 1.29 is 24.2 Å². The second kappa shape index (κ2) is 11.9. The Balaban J connectivity index is 1.92. The number of ether oxygens (including phenoxy) is 2. The van der Waals surface area contributed by atoms with E-state index in [-0.39, 0.29) is 25.2 Å². The summed E-state index contributed by atoms with van der Waals surface area (Å²) in [7, 11) is 0. The fourth-order valence-corrected chi connectivity index (χ4v) is 3.73. The van der Waals surface area contributed by atoms with Gasteiger partial charge in [-0.15, -0.1) is 0 Å². The summed E-state index contributed by atoms with van der Waals surface area (Å²) in [5.74, 6) is 0.988. The van der Waals surface area contributed by atoms with Gasteiger partial charge in [-0.25, -0.2) is 9.59 Å². The van der Waals surface area contributed by atoms with E-state index in [0.717, 1.165) is 18.4 Å². The number of hydrogen-bond acceptors (Lipinski definition) is 5. The van der Waals surface area contributed by atoms with Crippen LogP contribution in [0.1, 0.15) is 58.9 Å². The third-order valence-corrected chi connectivity index (χ3v) is 5.57. The summed E-state index contributed by atoms with van der Waals surface area (Å²) in [6.45, 7) is 8.12. The third kappa shape index (κ3) is 10.0. The SMILES string of the molecule is C[C@@H](NC(=O)OC(C)(C)C)[C@H](CNC(=O)OCc1ccccc1)CC(CCO)C1CC1. The minimum Gasteiger partial charge on any atom is -0.445 e. The number of amides is 2. The van der Waals surface area contributed by atoms with Crippen molar-refractivity contribution in [2.45, 2.75) is 71.6 Å². The van der Waals surface area contributed by atoms with Crippen LogP contribution >= 0.6 is 0 Å². The zero-order valence-corrected chi connectivity index (χ0v) is 19.2. The van der Waals surface area contributed by atoms with Crippen LogP contribution in [0.4, 0.5) is 9.59 Å². The zero-order chi connectivity index (χ0) is 22.9. The number of aliphatic hydroxyl groups excluding tert-OH is 1. The van der Waals surface area contributed by atoms with E-state index in [1.807, 2.05) is 58.0 Å². The maximum absolute atomic E-state index is 12.2. The van der Waals surface area contributed by atoms with Gasteiger partial charge in [-0.05, 0) is 76.7 Å². The Morgan fingerprint density at radius 3 is 2.42 bits per heavy atom. The molecule has 0 heterocycles. The molecule has 3 atom stereocenters. The average Bonchev–Trinajstić information content (AvgIpc) is 3.53. The molecule has 0 saturated heterocycles. The van der Waals surface area contributed by atoms with Crippen LogP contribution in [0.25, 0.3) is 0 Å². The van der Waals surface area contributed by atoms with E-state index in [2.05, 4.69) is 10.6 Å². The molecule has 0 spiro atoms. The molecule has 1 saturated carbocycles. The lowest BCUT2D eigenvalue weighted by molar-refractivity contribution is 0.0484. The molecule has 1 aromatic rings. The normalized spacial score (nSPS) is 16.7. The number of aliphatic hydroxyl groups is 1. The number of alkyl carbamates (subject to hydrolysis) is 2. The summed E-state index contributed by atoms with van der Waals surface area (Å²) >= 11 is 0. The van der Waals surface area contributed by atoms with Gasteiger partial charge in [-0.3, -0.25) is 0 Å².